The summed E-state index contributed by atoms with van der Waals surface area (Å²) in [6.45, 7) is 7.20. The van der Waals surface area contributed by atoms with Crippen molar-refractivity contribution in [1.29, 1.82) is 0 Å². The molecule has 1 rings (SSSR count). The topological polar surface area (TPSA) is 65.5 Å². The van der Waals surface area contributed by atoms with E-state index in [1.807, 2.05) is 6.92 Å². The third-order valence-electron chi connectivity index (χ3n) is 2.10. The van der Waals surface area contributed by atoms with Crippen molar-refractivity contribution >= 4 is 23.5 Å². The highest BCUT2D eigenvalue weighted by molar-refractivity contribution is 7.08. The standard InChI is InChI=1S/C12H17NO4S/c1-6-7-8(10(14)17-12(2,3)4)13-18-9(7)11(15)16-5/h6H2,1-5H3. The third-order valence-corrected chi connectivity index (χ3v) is 2.97. The Bertz CT molecular complexity index is 459. The SMILES string of the molecule is CCc1c(C(=O)OC(C)(C)C)nsc1C(=O)OC. The van der Waals surface area contributed by atoms with Crippen LogP contribution in [0.1, 0.15) is 53.4 Å². The van der Waals surface area contributed by atoms with Crippen molar-refractivity contribution in [2.45, 2.75) is 39.7 Å². The van der Waals surface area contributed by atoms with Crippen LogP contribution in [0.4, 0.5) is 0 Å². The first kappa shape index (κ1) is 14.6. The summed E-state index contributed by atoms with van der Waals surface area (Å²) in [6, 6.07) is 0. The Hall–Kier alpha value is -1.43. The zero-order chi connectivity index (χ0) is 13.9. The van der Waals surface area contributed by atoms with E-state index in [2.05, 4.69) is 9.11 Å². The quantitative estimate of drug-likeness (QED) is 0.790. The van der Waals surface area contributed by atoms with Crippen molar-refractivity contribution in [1.82, 2.24) is 4.37 Å². The molecule has 0 amide bonds. The summed E-state index contributed by atoms with van der Waals surface area (Å²) < 4.78 is 13.9. The molecule has 6 heteroatoms. The largest absolute Gasteiger partial charge is 0.465 e. The van der Waals surface area contributed by atoms with Crippen LogP contribution < -0.4 is 0 Å². The van der Waals surface area contributed by atoms with E-state index in [1.54, 1.807) is 20.8 Å². The maximum atomic E-state index is 11.9. The summed E-state index contributed by atoms with van der Waals surface area (Å²) in [4.78, 5) is 23.8. The molecule has 1 aromatic rings. The Morgan fingerprint density at radius 1 is 1.28 bits per heavy atom. The second kappa shape index (κ2) is 5.48. The van der Waals surface area contributed by atoms with Gasteiger partial charge in [0.25, 0.3) is 0 Å². The lowest BCUT2D eigenvalue weighted by Crippen LogP contribution is -2.24. The number of hydrogen-bond donors (Lipinski definition) is 0. The molecule has 0 aromatic carbocycles. The van der Waals surface area contributed by atoms with Crippen molar-refractivity contribution in [3.05, 3.63) is 16.1 Å². The number of carbonyl (C=O) groups is 2. The molecule has 18 heavy (non-hydrogen) atoms. The van der Waals surface area contributed by atoms with Crippen LogP contribution in [0, 0.1) is 0 Å². The lowest BCUT2D eigenvalue weighted by molar-refractivity contribution is 0.00630. The van der Waals surface area contributed by atoms with Gasteiger partial charge < -0.3 is 9.47 Å². The van der Waals surface area contributed by atoms with E-state index in [-0.39, 0.29) is 5.69 Å². The van der Waals surface area contributed by atoms with Crippen molar-refractivity contribution in [2.75, 3.05) is 7.11 Å². The Labute approximate surface area is 110 Å². The Balaban J connectivity index is 3.07. The highest BCUT2D eigenvalue weighted by Gasteiger charge is 2.27. The molecular formula is C12H17NO4S. The highest BCUT2D eigenvalue weighted by atomic mass is 32.1. The fourth-order valence-corrected chi connectivity index (χ4v) is 2.25. The molecule has 0 aliphatic rings. The van der Waals surface area contributed by atoms with Crippen molar-refractivity contribution in [3.8, 4) is 0 Å². The number of nitrogens with zero attached hydrogens (tertiary/aromatic N) is 1. The molecule has 0 aliphatic carbocycles. The highest BCUT2D eigenvalue weighted by Crippen LogP contribution is 2.23. The molecule has 0 atom stereocenters. The Morgan fingerprint density at radius 3 is 2.33 bits per heavy atom. The van der Waals surface area contributed by atoms with Gasteiger partial charge in [0.1, 0.15) is 10.5 Å². The smallest absolute Gasteiger partial charge is 0.358 e. The lowest BCUT2D eigenvalue weighted by atomic mass is 10.1. The molecule has 0 fully saturated rings. The normalized spacial score (nSPS) is 11.2. The zero-order valence-electron chi connectivity index (χ0n) is 11.2. The number of rotatable bonds is 3. The van der Waals surface area contributed by atoms with Crippen LogP contribution in [0.3, 0.4) is 0 Å². The van der Waals surface area contributed by atoms with E-state index in [1.165, 1.54) is 7.11 Å². The number of methoxy groups -OCH3 is 1. The molecule has 0 unspecified atom stereocenters. The summed E-state index contributed by atoms with van der Waals surface area (Å²) in [5, 5.41) is 0. The zero-order valence-corrected chi connectivity index (χ0v) is 12.0. The maximum absolute atomic E-state index is 11.9. The minimum absolute atomic E-state index is 0.206. The van der Waals surface area contributed by atoms with Crippen LogP contribution in [-0.2, 0) is 15.9 Å². The van der Waals surface area contributed by atoms with Crippen LogP contribution in [0.2, 0.25) is 0 Å². The van der Waals surface area contributed by atoms with E-state index in [0.29, 0.717) is 16.9 Å². The first-order valence-electron chi connectivity index (χ1n) is 5.60. The Kier molecular flexibility index (Phi) is 4.45. The monoisotopic (exact) mass is 271 g/mol. The minimum atomic E-state index is -0.586. The van der Waals surface area contributed by atoms with Gasteiger partial charge in [-0.3, -0.25) is 0 Å². The predicted octanol–water partition coefficient (Wildman–Crippen LogP) is 2.45. The first-order chi connectivity index (χ1) is 8.30. The molecule has 1 aromatic heterocycles. The van der Waals surface area contributed by atoms with E-state index in [9.17, 15) is 9.59 Å². The van der Waals surface area contributed by atoms with Crippen LogP contribution >= 0.6 is 11.5 Å². The van der Waals surface area contributed by atoms with Gasteiger partial charge >= 0.3 is 11.9 Å². The van der Waals surface area contributed by atoms with Gasteiger partial charge in [-0.05, 0) is 38.7 Å². The Morgan fingerprint density at radius 2 is 1.89 bits per heavy atom. The molecule has 5 nitrogen and oxygen atoms in total. The van der Waals surface area contributed by atoms with E-state index < -0.39 is 17.5 Å². The van der Waals surface area contributed by atoms with Crippen molar-refractivity contribution in [3.63, 3.8) is 0 Å². The average Bonchev–Trinajstić information content (AvgIpc) is 2.69. The van der Waals surface area contributed by atoms with Gasteiger partial charge in [0.05, 0.1) is 7.11 Å². The van der Waals surface area contributed by atoms with Crippen LogP contribution in [0.15, 0.2) is 0 Å². The van der Waals surface area contributed by atoms with E-state index in [4.69, 9.17) is 4.74 Å². The summed E-state index contributed by atoms with van der Waals surface area (Å²) in [5.74, 6) is -0.982. The van der Waals surface area contributed by atoms with Gasteiger partial charge in [0.15, 0.2) is 5.69 Å². The number of aromatic nitrogens is 1. The van der Waals surface area contributed by atoms with Crippen LogP contribution in [-0.4, -0.2) is 29.0 Å². The van der Waals surface area contributed by atoms with Crippen molar-refractivity contribution < 1.29 is 19.1 Å². The van der Waals surface area contributed by atoms with Gasteiger partial charge in [-0.2, -0.15) is 4.37 Å². The fraction of sp³-hybridized carbons (Fsp3) is 0.583. The van der Waals surface area contributed by atoms with Crippen molar-refractivity contribution in [2.24, 2.45) is 0 Å². The minimum Gasteiger partial charge on any atom is -0.465 e. The van der Waals surface area contributed by atoms with Crippen LogP contribution in [0.5, 0.6) is 0 Å². The second-order valence-corrected chi connectivity index (χ2v) is 5.46. The summed E-state index contributed by atoms with van der Waals surface area (Å²) in [5.41, 5.74) is 0.205. The van der Waals surface area contributed by atoms with Gasteiger partial charge in [0, 0.05) is 5.56 Å². The second-order valence-electron chi connectivity index (χ2n) is 4.69. The number of carbonyl (C=O) groups excluding carboxylic acids is 2. The summed E-state index contributed by atoms with van der Waals surface area (Å²) in [7, 11) is 1.30. The molecule has 0 spiro atoms. The van der Waals surface area contributed by atoms with Gasteiger partial charge in [-0.1, -0.05) is 6.92 Å². The maximum Gasteiger partial charge on any atom is 0.358 e. The molecule has 0 N–H and O–H groups in total. The molecule has 0 aliphatic heterocycles. The van der Waals surface area contributed by atoms with Crippen LogP contribution in [0.25, 0.3) is 0 Å². The van der Waals surface area contributed by atoms with E-state index in [0.717, 1.165) is 11.5 Å². The summed E-state index contributed by atoms with van der Waals surface area (Å²) >= 11 is 0.962. The fourth-order valence-electron chi connectivity index (χ4n) is 1.38. The molecule has 100 valence electrons. The van der Waals surface area contributed by atoms with Gasteiger partial charge in [-0.15, -0.1) is 0 Å². The number of esters is 2. The third kappa shape index (κ3) is 3.29. The number of hydrogen-bond acceptors (Lipinski definition) is 6. The first-order valence-corrected chi connectivity index (χ1v) is 6.37. The average molecular weight is 271 g/mol. The van der Waals surface area contributed by atoms with E-state index >= 15 is 0 Å². The molecular weight excluding hydrogens is 254 g/mol. The molecule has 0 bridgehead atoms. The molecule has 0 radical (unpaired) electrons. The summed E-state index contributed by atoms with van der Waals surface area (Å²) in [6.07, 6.45) is 0.523. The lowest BCUT2D eigenvalue weighted by Gasteiger charge is -2.18. The number of ether oxygens (including phenoxy) is 2. The molecule has 1 heterocycles. The van der Waals surface area contributed by atoms with Gasteiger partial charge in [0.2, 0.25) is 0 Å². The van der Waals surface area contributed by atoms with Gasteiger partial charge in [-0.25, -0.2) is 9.59 Å². The predicted molar refractivity (Wildman–Crippen MR) is 68.0 cm³/mol. The molecule has 0 saturated heterocycles. The molecule has 0 saturated carbocycles.